The van der Waals surface area contributed by atoms with Crippen molar-refractivity contribution in [2.75, 3.05) is 12.3 Å². The second-order valence-corrected chi connectivity index (χ2v) is 4.22. The van der Waals surface area contributed by atoms with Crippen molar-refractivity contribution < 1.29 is 13.2 Å². The van der Waals surface area contributed by atoms with Gasteiger partial charge in [0.1, 0.15) is 0 Å². The Morgan fingerprint density at radius 3 is 2.36 bits per heavy atom. The van der Waals surface area contributed by atoms with E-state index < -0.39 is 15.9 Å². The Bertz CT molecular complexity index is 304. The monoisotopic (exact) mass is 175 g/mol. The van der Waals surface area contributed by atoms with Crippen LogP contribution in [-0.4, -0.2) is 30.9 Å². The van der Waals surface area contributed by atoms with E-state index in [0.717, 1.165) is 4.31 Å². The van der Waals surface area contributed by atoms with Crippen LogP contribution in [0.2, 0.25) is 0 Å². The molecule has 0 N–H and O–H groups in total. The van der Waals surface area contributed by atoms with Gasteiger partial charge in [0.25, 0.3) is 5.91 Å². The summed E-state index contributed by atoms with van der Waals surface area (Å²) in [6, 6.07) is 0. The summed E-state index contributed by atoms with van der Waals surface area (Å²) in [4.78, 5) is 11.0. The minimum Gasteiger partial charge on any atom is -0.268 e. The standard InChI is InChI=1S/C6H9NO3S/c1-3-7-6(8)5(2)4-11(7,9)10/h2-4H2,1H3. The summed E-state index contributed by atoms with van der Waals surface area (Å²) >= 11 is 0. The smallest absolute Gasteiger partial charge is 0.263 e. The van der Waals surface area contributed by atoms with Crippen molar-refractivity contribution in [3.63, 3.8) is 0 Å². The SMILES string of the molecule is C=C1CS(=O)(=O)N(CC)C1=O. The third-order valence-corrected chi connectivity index (χ3v) is 3.32. The number of hydrogen-bond donors (Lipinski definition) is 0. The van der Waals surface area contributed by atoms with Gasteiger partial charge in [0, 0.05) is 12.1 Å². The van der Waals surface area contributed by atoms with Crippen LogP contribution in [0.4, 0.5) is 0 Å². The molecule has 0 spiro atoms. The van der Waals surface area contributed by atoms with E-state index in [0.29, 0.717) is 0 Å². The zero-order valence-corrected chi connectivity index (χ0v) is 7.02. The topological polar surface area (TPSA) is 54.5 Å². The van der Waals surface area contributed by atoms with E-state index in [2.05, 4.69) is 6.58 Å². The molecule has 0 aromatic carbocycles. The minimum absolute atomic E-state index is 0.159. The number of carbonyl (C=O) groups is 1. The lowest BCUT2D eigenvalue weighted by atomic mass is 10.3. The molecule has 0 aromatic heterocycles. The molecule has 0 atom stereocenters. The molecule has 0 saturated carbocycles. The van der Waals surface area contributed by atoms with E-state index in [-0.39, 0.29) is 17.9 Å². The van der Waals surface area contributed by atoms with Crippen LogP contribution in [-0.2, 0) is 14.8 Å². The Kier molecular flexibility index (Phi) is 1.75. The van der Waals surface area contributed by atoms with Crippen molar-refractivity contribution in [1.82, 2.24) is 4.31 Å². The molecular formula is C6H9NO3S. The maximum atomic E-state index is 11.1. The molecule has 1 amide bonds. The van der Waals surface area contributed by atoms with Crippen molar-refractivity contribution in [3.05, 3.63) is 12.2 Å². The largest absolute Gasteiger partial charge is 0.268 e. The summed E-state index contributed by atoms with van der Waals surface area (Å²) in [5.41, 5.74) is 0.159. The minimum atomic E-state index is -3.35. The number of rotatable bonds is 1. The summed E-state index contributed by atoms with van der Waals surface area (Å²) in [6.45, 7) is 5.17. The summed E-state index contributed by atoms with van der Waals surface area (Å²) in [5.74, 6) is -0.688. The van der Waals surface area contributed by atoms with Crippen molar-refractivity contribution in [2.24, 2.45) is 0 Å². The summed E-state index contributed by atoms with van der Waals surface area (Å²) in [6.07, 6.45) is 0. The van der Waals surface area contributed by atoms with Gasteiger partial charge < -0.3 is 0 Å². The van der Waals surface area contributed by atoms with Crippen LogP contribution in [0.15, 0.2) is 12.2 Å². The van der Waals surface area contributed by atoms with E-state index in [9.17, 15) is 13.2 Å². The molecule has 0 radical (unpaired) electrons. The maximum Gasteiger partial charge on any atom is 0.263 e. The number of amides is 1. The molecule has 0 aliphatic carbocycles. The predicted octanol–water partition coefficient (Wildman–Crippen LogP) is -0.266. The molecule has 5 heteroatoms. The Morgan fingerprint density at radius 2 is 2.18 bits per heavy atom. The second kappa shape index (κ2) is 2.34. The molecular weight excluding hydrogens is 166 g/mol. The first-order chi connectivity index (χ1) is 4.99. The molecule has 1 heterocycles. The molecule has 1 rings (SSSR count). The van der Waals surface area contributed by atoms with Crippen LogP contribution in [0.25, 0.3) is 0 Å². The highest BCUT2D eigenvalue weighted by Gasteiger charge is 2.36. The van der Waals surface area contributed by atoms with Gasteiger partial charge in [-0.15, -0.1) is 0 Å². The summed E-state index contributed by atoms with van der Waals surface area (Å²) in [7, 11) is -3.35. The van der Waals surface area contributed by atoms with Gasteiger partial charge in [-0.05, 0) is 6.92 Å². The molecule has 0 unspecified atom stereocenters. The van der Waals surface area contributed by atoms with Gasteiger partial charge in [-0.1, -0.05) is 6.58 Å². The maximum absolute atomic E-state index is 11.1. The molecule has 62 valence electrons. The van der Waals surface area contributed by atoms with E-state index >= 15 is 0 Å². The molecule has 1 saturated heterocycles. The molecule has 0 aromatic rings. The van der Waals surface area contributed by atoms with Crippen LogP contribution in [0.1, 0.15) is 6.92 Å². The number of hydrogen-bond acceptors (Lipinski definition) is 3. The van der Waals surface area contributed by atoms with Gasteiger partial charge in [0.15, 0.2) is 0 Å². The van der Waals surface area contributed by atoms with Crippen molar-refractivity contribution >= 4 is 15.9 Å². The summed E-state index contributed by atoms with van der Waals surface area (Å²) < 4.78 is 23.0. The quantitative estimate of drug-likeness (QED) is 0.516. The second-order valence-electron chi connectivity index (χ2n) is 2.33. The Morgan fingerprint density at radius 1 is 1.64 bits per heavy atom. The van der Waals surface area contributed by atoms with E-state index in [1.54, 1.807) is 6.92 Å². The highest BCUT2D eigenvalue weighted by Crippen LogP contribution is 2.17. The number of sulfonamides is 1. The van der Waals surface area contributed by atoms with Gasteiger partial charge in [0.05, 0.1) is 5.75 Å². The third-order valence-electron chi connectivity index (χ3n) is 1.51. The van der Waals surface area contributed by atoms with Gasteiger partial charge in [-0.3, -0.25) is 4.79 Å². The van der Waals surface area contributed by atoms with Crippen molar-refractivity contribution in [1.29, 1.82) is 0 Å². The predicted molar refractivity (Wildman–Crippen MR) is 40.3 cm³/mol. The van der Waals surface area contributed by atoms with Crippen LogP contribution >= 0.6 is 0 Å². The van der Waals surface area contributed by atoms with Gasteiger partial charge in [-0.25, -0.2) is 12.7 Å². The third kappa shape index (κ3) is 1.16. The molecule has 1 fully saturated rings. The van der Waals surface area contributed by atoms with Crippen LogP contribution in [0.5, 0.6) is 0 Å². The molecule has 1 aliphatic rings. The Balaban J connectivity index is 3.11. The van der Waals surface area contributed by atoms with Crippen LogP contribution in [0.3, 0.4) is 0 Å². The molecule has 0 bridgehead atoms. The molecule has 1 aliphatic heterocycles. The molecule has 11 heavy (non-hydrogen) atoms. The molecule has 4 nitrogen and oxygen atoms in total. The average Bonchev–Trinajstić information content (AvgIpc) is 2.03. The van der Waals surface area contributed by atoms with Crippen molar-refractivity contribution in [2.45, 2.75) is 6.92 Å². The van der Waals surface area contributed by atoms with Crippen LogP contribution < -0.4 is 0 Å². The van der Waals surface area contributed by atoms with Crippen LogP contribution in [0, 0.1) is 0 Å². The van der Waals surface area contributed by atoms with Crippen molar-refractivity contribution in [3.8, 4) is 0 Å². The van der Waals surface area contributed by atoms with Gasteiger partial charge in [0.2, 0.25) is 10.0 Å². The lowest BCUT2D eigenvalue weighted by Gasteiger charge is -2.09. The average molecular weight is 175 g/mol. The van der Waals surface area contributed by atoms with E-state index in [1.165, 1.54) is 0 Å². The Hall–Kier alpha value is -0.840. The van der Waals surface area contributed by atoms with E-state index in [4.69, 9.17) is 0 Å². The van der Waals surface area contributed by atoms with Gasteiger partial charge >= 0.3 is 0 Å². The fourth-order valence-electron chi connectivity index (χ4n) is 1.00. The lowest BCUT2D eigenvalue weighted by molar-refractivity contribution is -0.121. The van der Waals surface area contributed by atoms with Gasteiger partial charge in [-0.2, -0.15) is 0 Å². The number of likely N-dealkylation sites (N-methyl/N-ethyl adjacent to an activating group) is 1. The first-order valence-corrected chi connectivity index (χ1v) is 4.82. The fraction of sp³-hybridized carbons (Fsp3) is 0.500. The highest BCUT2D eigenvalue weighted by molar-refractivity contribution is 7.90. The van der Waals surface area contributed by atoms with E-state index in [1.807, 2.05) is 0 Å². The normalized spacial score (nSPS) is 22.8. The first kappa shape index (κ1) is 8.26. The zero-order valence-electron chi connectivity index (χ0n) is 6.20. The number of nitrogens with zero attached hydrogens (tertiary/aromatic N) is 1. The highest BCUT2D eigenvalue weighted by atomic mass is 32.2. The fourth-order valence-corrected chi connectivity index (χ4v) is 2.50. The Labute approximate surface area is 65.6 Å². The summed E-state index contributed by atoms with van der Waals surface area (Å²) in [5, 5.41) is 0. The zero-order chi connectivity index (χ0) is 8.65. The first-order valence-electron chi connectivity index (χ1n) is 3.21. The number of carbonyl (C=O) groups excluding carboxylic acids is 1. The lowest BCUT2D eigenvalue weighted by Crippen LogP contribution is -2.29.